The van der Waals surface area contributed by atoms with Gasteiger partial charge in [0.2, 0.25) is 34.7 Å². The summed E-state index contributed by atoms with van der Waals surface area (Å²) in [4.78, 5) is 45.1. The van der Waals surface area contributed by atoms with E-state index < -0.39 is 77.9 Å². The second-order valence-corrected chi connectivity index (χ2v) is 12.2. The van der Waals surface area contributed by atoms with Crippen molar-refractivity contribution >= 4 is 69.5 Å². The number of ketones is 4. The number of carbonyl (C=O) groups is 4. The van der Waals surface area contributed by atoms with Crippen LogP contribution in [0.1, 0.15) is 25.7 Å². The van der Waals surface area contributed by atoms with Gasteiger partial charge in [0.05, 0.1) is 0 Å². The lowest BCUT2D eigenvalue weighted by Gasteiger charge is -2.42. The number of ether oxygens (including phenoxy) is 4. The third-order valence-electron chi connectivity index (χ3n) is 9.39. The second kappa shape index (κ2) is 7.16. The Morgan fingerprint density at radius 3 is 0.824 bits per heavy atom. The maximum Gasteiger partial charge on any atom is 0.227 e. The van der Waals surface area contributed by atoms with Gasteiger partial charge in [0.15, 0.2) is 19.5 Å². The van der Waals surface area contributed by atoms with Gasteiger partial charge in [-0.3, -0.25) is 19.2 Å². The van der Waals surface area contributed by atoms with Crippen LogP contribution in [0, 0.1) is 23.7 Å². The molecule has 5 saturated carbocycles. The first-order valence-electron chi connectivity index (χ1n) is 11.0. The van der Waals surface area contributed by atoms with Crippen LogP contribution in [0.25, 0.3) is 0 Å². The van der Waals surface area contributed by atoms with E-state index in [9.17, 15) is 19.2 Å². The SMILES string of the molecule is COC1(OC)[C@@]2(Cl)C(=O)C(=O)[C@]1(Cl)[C@@H]1CC[C@@H]3[C@H](CC[C@@H]12)[C@]1(Cl)C(=O)C(=O)[C@@]3(Cl)C1(OC)OC. The minimum absolute atomic E-state index is 0.254. The molecule has 34 heavy (non-hydrogen) atoms. The maximum atomic E-state index is 13.1. The third-order valence-corrected chi connectivity index (χ3v) is 12.2. The fourth-order valence-corrected chi connectivity index (χ4v) is 10.9. The van der Waals surface area contributed by atoms with Gasteiger partial charge in [0.1, 0.15) is 0 Å². The summed E-state index contributed by atoms with van der Waals surface area (Å²) in [5, 5.41) is 0. The first-order valence-corrected chi connectivity index (χ1v) is 12.5. The summed E-state index contributed by atoms with van der Waals surface area (Å²) >= 11 is 27.9. The highest BCUT2D eigenvalue weighted by Gasteiger charge is 2.92. The van der Waals surface area contributed by atoms with E-state index in [1.165, 1.54) is 28.4 Å². The Morgan fingerprint density at radius 2 is 0.676 bits per heavy atom. The van der Waals surface area contributed by atoms with Gasteiger partial charge in [-0.15, -0.1) is 46.4 Å². The van der Waals surface area contributed by atoms with Gasteiger partial charge in [0, 0.05) is 28.4 Å². The quantitative estimate of drug-likeness (QED) is 0.294. The van der Waals surface area contributed by atoms with E-state index in [1.54, 1.807) is 0 Å². The molecule has 0 aliphatic heterocycles. The zero-order valence-electron chi connectivity index (χ0n) is 18.9. The molecule has 0 aromatic heterocycles. The van der Waals surface area contributed by atoms with Crippen molar-refractivity contribution < 1.29 is 38.1 Å². The van der Waals surface area contributed by atoms with Crippen molar-refractivity contribution in [2.24, 2.45) is 23.7 Å². The van der Waals surface area contributed by atoms with Crippen molar-refractivity contribution in [1.82, 2.24) is 0 Å². The molecule has 188 valence electrons. The topological polar surface area (TPSA) is 105 Å². The molecule has 8 atom stereocenters. The molecule has 0 saturated heterocycles. The number of hydrogen-bond donors (Lipinski definition) is 0. The summed E-state index contributed by atoms with van der Waals surface area (Å²) in [6, 6.07) is 0. The van der Waals surface area contributed by atoms with Gasteiger partial charge in [-0.2, -0.15) is 0 Å². The molecule has 0 heterocycles. The molecule has 0 aromatic rings. The zero-order chi connectivity index (χ0) is 25.3. The summed E-state index contributed by atoms with van der Waals surface area (Å²) in [7, 11) is 5.17. The Balaban J connectivity index is 1.65. The summed E-state index contributed by atoms with van der Waals surface area (Å²) in [5.74, 6) is -9.66. The van der Waals surface area contributed by atoms with Crippen LogP contribution < -0.4 is 0 Å². The lowest BCUT2D eigenvalue weighted by atomic mass is 9.64. The van der Waals surface area contributed by atoms with E-state index in [0.29, 0.717) is 0 Å². The van der Waals surface area contributed by atoms with Crippen LogP contribution in [-0.2, 0) is 38.1 Å². The summed E-state index contributed by atoms with van der Waals surface area (Å²) in [5.41, 5.74) is 0. The number of rotatable bonds is 4. The Kier molecular flexibility index (Phi) is 5.34. The molecule has 5 fully saturated rings. The summed E-state index contributed by atoms with van der Waals surface area (Å²) in [6.45, 7) is 0. The molecule has 0 radical (unpaired) electrons. The number of Topliss-reactive ketones (excluding diaryl/α,β-unsaturated/α-hetero) is 4. The molecular weight excluding hydrogens is 534 g/mol. The van der Waals surface area contributed by atoms with Gasteiger partial charge < -0.3 is 18.9 Å². The Bertz CT molecular complexity index is 874. The largest absolute Gasteiger partial charge is 0.349 e. The molecule has 0 spiro atoms. The third kappa shape index (κ3) is 2.01. The predicted octanol–water partition coefficient (Wildman–Crippen LogP) is 2.24. The van der Waals surface area contributed by atoms with E-state index in [1.807, 2.05) is 0 Å². The normalized spacial score (nSPS) is 50.4. The van der Waals surface area contributed by atoms with Crippen molar-refractivity contribution in [2.45, 2.75) is 56.8 Å². The monoisotopic (exact) mass is 556 g/mol. The van der Waals surface area contributed by atoms with Crippen molar-refractivity contribution in [3.63, 3.8) is 0 Å². The second-order valence-electron chi connectivity index (χ2n) is 9.79. The number of halogens is 4. The number of hydrogen-bond acceptors (Lipinski definition) is 8. The van der Waals surface area contributed by atoms with E-state index in [0.717, 1.165) is 0 Å². The maximum absolute atomic E-state index is 13.1. The molecule has 0 N–H and O–H groups in total. The van der Waals surface area contributed by atoms with Crippen LogP contribution in [0.2, 0.25) is 0 Å². The molecule has 0 aromatic carbocycles. The first kappa shape index (κ1) is 25.3. The zero-order valence-corrected chi connectivity index (χ0v) is 21.9. The molecule has 0 unspecified atom stereocenters. The lowest BCUT2D eigenvalue weighted by molar-refractivity contribution is -0.224. The highest BCUT2D eigenvalue weighted by atomic mass is 35.5. The first-order chi connectivity index (χ1) is 15.8. The van der Waals surface area contributed by atoms with Gasteiger partial charge in [-0.05, 0) is 49.4 Å². The minimum Gasteiger partial charge on any atom is -0.349 e. The summed E-state index contributed by atoms with van der Waals surface area (Å²) in [6.07, 6.45) is 1.01. The highest BCUT2D eigenvalue weighted by molar-refractivity contribution is 6.67. The smallest absolute Gasteiger partial charge is 0.227 e. The average molecular weight is 558 g/mol. The number of fused-ring (bicyclic) bond motifs is 10. The van der Waals surface area contributed by atoms with Crippen LogP contribution in [0.4, 0.5) is 0 Å². The van der Waals surface area contributed by atoms with Gasteiger partial charge in [0.25, 0.3) is 0 Å². The molecule has 12 heteroatoms. The fraction of sp³-hybridized carbons (Fsp3) is 0.818. The van der Waals surface area contributed by atoms with E-state index in [2.05, 4.69) is 0 Å². The van der Waals surface area contributed by atoms with Crippen molar-refractivity contribution in [3.8, 4) is 0 Å². The van der Waals surface area contributed by atoms with E-state index in [-0.39, 0.29) is 25.7 Å². The number of carbonyl (C=O) groups excluding carboxylic acids is 4. The fourth-order valence-electron chi connectivity index (χ4n) is 8.22. The van der Waals surface area contributed by atoms with E-state index in [4.69, 9.17) is 65.4 Å². The molecule has 5 rings (SSSR count). The molecule has 8 nitrogen and oxygen atoms in total. The van der Waals surface area contributed by atoms with Crippen molar-refractivity contribution in [1.29, 1.82) is 0 Å². The Labute approximate surface area is 216 Å². The minimum atomic E-state index is -1.88. The number of methoxy groups -OCH3 is 4. The van der Waals surface area contributed by atoms with Crippen LogP contribution in [0.5, 0.6) is 0 Å². The van der Waals surface area contributed by atoms with Crippen LogP contribution in [0.15, 0.2) is 0 Å². The molecule has 5 aliphatic rings. The Morgan fingerprint density at radius 1 is 0.500 bits per heavy atom. The molecule has 5 aliphatic carbocycles. The number of alkyl halides is 4. The van der Waals surface area contributed by atoms with Gasteiger partial charge >= 0.3 is 0 Å². The van der Waals surface area contributed by atoms with Crippen molar-refractivity contribution in [2.75, 3.05) is 28.4 Å². The van der Waals surface area contributed by atoms with Crippen LogP contribution in [-0.4, -0.2) is 82.6 Å². The standard InChI is InChI=1S/C22H24Cl4O8/c1-31-21(32-2)17(23)9-5-7-11-12(8-6-10(9)18(21,24)14(28)13(17)27)20(26)16(30)15(29)19(11,25)22(20,33-3)34-4/h9-12H,5-8H2,1-4H3/t9-,10+,11-,12+,17-,18+,19-,20+. The predicted molar refractivity (Wildman–Crippen MR) is 120 cm³/mol. The van der Waals surface area contributed by atoms with Crippen LogP contribution in [0.3, 0.4) is 0 Å². The molecule has 4 bridgehead atoms. The van der Waals surface area contributed by atoms with Crippen molar-refractivity contribution in [3.05, 3.63) is 0 Å². The molecular formula is C22H24Cl4O8. The highest BCUT2D eigenvalue weighted by Crippen LogP contribution is 2.74. The Hall–Kier alpha value is -0.320. The van der Waals surface area contributed by atoms with Gasteiger partial charge in [-0.1, -0.05) is 0 Å². The van der Waals surface area contributed by atoms with E-state index >= 15 is 0 Å². The summed E-state index contributed by atoms with van der Waals surface area (Å²) < 4.78 is 22.5. The average Bonchev–Trinajstić information content (AvgIpc) is 3.19. The molecule has 0 amide bonds. The van der Waals surface area contributed by atoms with Crippen LogP contribution >= 0.6 is 46.4 Å². The van der Waals surface area contributed by atoms with Gasteiger partial charge in [-0.25, -0.2) is 0 Å². The lowest BCUT2D eigenvalue weighted by Crippen LogP contribution is -2.58.